The van der Waals surface area contributed by atoms with E-state index in [1.165, 1.54) is 12.8 Å². The van der Waals surface area contributed by atoms with Gasteiger partial charge in [-0.3, -0.25) is 4.57 Å². The maximum atomic E-state index is 12.4. The summed E-state index contributed by atoms with van der Waals surface area (Å²) in [5, 5.41) is 0.758. The van der Waals surface area contributed by atoms with E-state index in [-0.39, 0.29) is 17.5 Å². The number of pyridine rings is 1. The fraction of sp³-hybridized carbons (Fsp3) is 0.562. The average Bonchev–Trinajstić information content (AvgIpc) is 3.34. The molecule has 0 unspecified atom stereocenters. The van der Waals surface area contributed by atoms with Crippen LogP contribution in [0.1, 0.15) is 49.8 Å². The number of rotatable bonds is 2. The number of nitrogen functional groups attached to an aromatic ring is 1. The summed E-state index contributed by atoms with van der Waals surface area (Å²) in [7, 11) is 0. The second-order valence-electron chi connectivity index (χ2n) is 6.26. The zero-order chi connectivity index (χ0) is 15.1. The lowest BCUT2D eigenvalue weighted by Crippen LogP contribution is -2.31. The third-order valence-corrected chi connectivity index (χ3v) is 4.57. The predicted molar refractivity (Wildman–Crippen MR) is 83.9 cm³/mol. The summed E-state index contributed by atoms with van der Waals surface area (Å²) in [6, 6.07) is 3.95. The van der Waals surface area contributed by atoms with Gasteiger partial charge in [-0.15, -0.1) is 0 Å². The first-order valence-corrected chi connectivity index (χ1v) is 8.00. The van der Waals surface area contributed by atoms with E-state index < -0.39 is 0 Å². The molecule has 0 amide bonds. The van der Waals surface area contributed by atoms with Crippen molar-refractivity contribution in [3.63, 3.8) is 0 Å². The monoisotopic (exact) mass is 300 g/mol. The number of aromatic nitrogens is 3. The molecular formula is C16H20N4O2. The molecule has 0 radical (unpaired) electrons. The summed E-state index contributed by atoms with van der Waals surface area (Å²) in [5.74, 6) is 0.799. The van der Waals surface area contributed by atoms with Crippen molar-refractivity contribution in [3.8, 4) is 0 Å². The number of fused-ring (bicyclic) bond motifs is 1. The van der Waals surface area contributed by atoms with Crippen LogP contribution in [0, 0.1) is 0 Å². The van der Waals surface area contributed by atoms with Crippen molar-refractivity contribution in [2.24, 2.45) is 0 Å². The number of hydrogen-bond donors (Lipinski definition) is 1. The predicted octanol–water partition coefficient (Wildman–Crippen LogP) is 1.99. The SMILES string of the molecule is Nc1nc(=O)n([C@H]2CCCCOC2)c2nc(C3CC3)ccc12. The Bertz CT molecular complexity index is 759. The standard InChI is InChI=1S/C16H20N4O2/c17-14-12-6-7-13(10-4-5-10)18-15(12)20(16(21)19-14)11-3-1-2-8-22-9-11/h6-7,10-11H,1-5,8-9H2,(H2,17,19,21)/t11-/m0/s1. The first-order valence-electron chi connectivity index (χ1n) is 8.00. The minimum Gasteiger partial charge on any atom is -0.383 e. The zero-order valence-corrected chi connectivity index (χ0v) is 12.5. The van der Waals surface area contributed by atoms with Crippen molar-refractivity contribution in [1.82, 2.24) is 14.5 Å². The van der Waals surface area contributed by atoms with Gasteiger partial charge in [0.05, 0.1) is 18.0 Å². The molecule has 2 aliphatic rings. The van der Waals surface area contributed by atoms with Crippen LogP contribution in [0.5, 0.6) is 0 Å². The zero-order valence-electron chi connectivity index (χ0n) is 12.5. The number of nitrogens with zero attached hydrogens (tertiary/aromatic N) is 3. The highest BCUT2D eigenvalue weighted by atomic mass is 16.5. The maximum Gasteiger partial charge on any atom is 0.351 e. The fourth-order valence-electron chi connectivity index (χ4n) is 3.18. The van der Waals surface area contributed by atoms with Gasteiger partial charge in [0.15, 0.2) is 0 Å². The van der Waals surface area contributed by atoms with Crippen LogP contribution >= 0.6 is 0 Å². The van der Waals surface area contributed by atoms with Crippen LogP contribution in [-0.4, -0.2) is 27.7 Å². The highest BCUT2D eigenvalue weighted by Gasteiger charge is 2.27. The van der Waals surface area contributed by atoms with Crippen LogP contribution in [0.15, 0.2) is 16.9 Å². The van der Waals surface area contributed by atoms with Crippen LogP contribution in [-0.2, 0) is 4.74 Å². The molecule has 2 N–H and O–H groups in total. The van der Waals surface area contributed by atoms with Gasteiger partial charge in [-0.05, 0) is 44.2 Å². The Kier molecular flexibility index (Phi) is 3.33. The summed E-state index contributed by atoms with van der Waals surface area (Å²) in [5.41, 5.74) is 7.33. The molecule has 2 aromatic rings. The van der Waals surface area contributed by atoms with Gasteiger partial charge in [-0.25, -0.2) is 9.78 Å². The van der Waals surface area contributed by atoms with Crippen LogP contribution in [0.2, 0.25) is 0 Å². The largest absolute Gasteiger partial charge is 0.383 e. The lowest BCUT2D eigenvalue weighted by Gasteiger charge is -2.19. The third-order valence-electron chi connectivity index (χ3n) is 4.57. The molecular weight excluding hydrogens is 280 g/mol. The third kappa shape index (κ3) is 2.37. The normalized spacial score (nSPS) is 22.6. The van der Waals surface area contributed by atoms with E-state index in [1.54, 1.807) is 4.57 Å². The van der Waals surface area contributed by atoms with Crippen LogP contribution < -0.4 is 11.4 Å². The van der Waals surface area contributed by atoms with Gasteiger partial charge in [0.25, 0.3) is 0 Å². The molecule has 2 fully saturated rings. The molecule has 4 rings (SSSR count). The van der Waals surface area contributed by atoms with E-state index >= 15 is 0 Å². The molecule has 1 saturated heterocycles. The Labute approximate surface area is 128 Å². The van der Waals surface area contributed by atoms with E-state index in [1.807, 2.05) is 12.1 Å². The Morgan fingerprint density at radius 1 is 1.18 bits per heavy atom. The van der Waals surface area contributed by atoms with Gasteiger partial charge >= 0.3 is 5.69 Å². The molecule has 116 valence electrons. The van der Waals surface area contributed by atoms with E-state index in [9.17, 15) is 4.79 Å². The van der Waals surface area contributed by atoms with Gasteiger partial charge in [0, 0.05) is 18.2 Å². The molecule has 1 saturated carbocycles. The fourth-order valence-corrected chi connectivity index (χ4v) is 3.18. The molecule has 1 aliphatic carbocycles. The van der Waals surface area contributed by atoms with Gasteiger partial charge in [0.2, 0.25) is 0 Å². The smallest absolute Gasteiger partial charge is 0.351 e. The second-order valence-corrected chi connectivity index (χ2v) is 6.26. The lowest BCUT2D eigenvalue weighted by molar-refractivity contribution is 0.118. The van der Waals surface area contributed by atoms with Crippen molar-refractivity contribution in [2.75, 3.05) is 18.9 Å². The molecule has 3 heterocycles. The summed E-state index contributed by atoms with van der Waals surface area (Å²) >= 11 is 0. The molecule has 22 heavy (non-hydrogen) atoms. The molecule has 1 atom stereocenters. The first-order chi connectivity index (χ1) is 10.7. The summed E-state index contributed by atoms with van der Waals surface area (Å²) in [6.45, 7) is 1.29. The van der Waals surface area contributed by atoms with Crippen molar-refractivity contribution in [2.45, 2.75) is 44.1 Å². The number of hydrogen-bond acceptors (Lipinski definition) is 5. The van der Waals surface area contributed by atoms with Crippen LogP contribution in [0.4, 0.5) is 5.82 Å². The molecule has 0 bridgehead atoms. The van der Waals surface area contributed by atoms with E-state index in [0.717, 1.165) is 36.9 Å². The maximum absolute atomic E-state index is 12.4. The Balaban J connectivity index is 1.90. The van der Waals surface area contributed by atoms with Crippen molar-refractivity contribution >= 4 is 16.9 Å². The second kappa shape index (κ2) is 5.35. The lowest BCUT2D eigenvalue weighted by atomic mass is 10.1. The minimum atomic E-state index is -0.319. The molecule has 1 aliphatic heterocycles. The van der Waals surface area contributed by atoms with Gasteiger partial charge in [-0.2, -0.15) is 4.98 Å². The Morgan fingerprint density at radius 2 is 2.05 bits per heavy atom. The van der Waals surface area contributed by atoms with E-state index in [2.05, 4.69) is 4.98 Å². The van der Waals surface area contributed by atoms with Crippen LogP contribution in [0.3, 0.4) is 0 Å². The molecule has 6 nitrogen and oxygen atoms in total. The quantitative estimate of drug-likeness (QED) is 0.917. The summed E-state index contributed by atoms with van der Waals surface area (Å²) < 4.78 is 7.34. The highest BCUT2D eigenvalue weighted by molar-refractivity contribution is 5.85. The Morgan fingerprint density at radius 3 is 2.86 bits per heavy atom. The number of anilines is 1. The topological polar surface area (TPSA) is 83.0 Å². The van der Waals surface area contributed by atoms with Crippen LogP contribution in [0.25, 0.3) is 11.0 Å². The highest BCUT2D eigenvalue weighted by Crippen LogP contribution is 2.39. The van der Waals surface area contributed by atoms with Crippen molar-refractivity contribution < 1.29 is 4.74 Å². The molecule has 0 spiro atoms. The molecule has 2 aromatic heterocycles. The molecule has 0 aromatic carbocycles. The van der Waals surface area contributed by atoms with Gasteiger partial charge in [-0.1, -0.05) is 0 Å². The van der Waals surface area contributed by atoms with Gasteiger partial charge in [0.1, 0.15) is 11.5 Å². The van der Waals surface area contributed by atoms with Gasteiger partial charge < -0.3 is 10.5 Å². The van der Waals surface area contributed by atoms with E-state index in [4.69, 9.17) is 15.5 Å². The van der Waals surface area contributed by atoms with Crippen molar-refractivity contribution in [1.29, 1.82) is 0 Å². The summed E-state index contributed by atoms with van der Waals surface area (Å²) in [6.07, 6.45) is 5.35. The van der Waals surface area contributed by atoms with E-state index in [0.29, 0.717) is 18.2 Å². The summed E-state index contributed by atoms with van der Waals surface area (Å²) in [4.78, 5) is 21.2. The first kappa shape index (κ1) is 13.7. The number of ether oxygens (including phenoxy) is 1. The number of nitrogens with two attached hydrogens (primary N) is 1. The Hall–Kier alpha value is -1.95. The molecule has 6 heteroatoms. The van der Waals surface area contributed by atoms with Crippen molar-refractivity contribution in [3.05, 3.63) is 28.3 Å². The average molecular weight is 300 g/mol. The minimum absolute atomic E-state index is 0.00690.